The molecule has 1 aliphatic carbocycles. The second kappa shape index (κ2) is 4.65. The molecule has 0 aromatic heterocycles. The van der Waals surface area contributed by atoms with Crippen LogP contribution in [0, 0.1) is 5.92 Å². The van der Waals surface area contributed by atoms with Crippen molar-refractivity contribution < 1.29 is 4.79 Å². The van der Waals surface area contributed by atoms with Crippen molar-refractivity contribution in [2.45, 2.75) is 44.6 Å². The van der Waals surface area contributed by atoms with Gasteiger partial charge in [-0.3, -0.25) is 4.79 Å². The highest BCUT2D eigenvalue weighted by molar-refractivity contribution is 9.09. The third kappa shape index (κ3) is 1.97. The maximum Gasteiger partial charge on any atom is 0.233 e. The van der Waals surface area contributed by atoms with Crippen molar-refractivity contribution in [3.05, 3.63) is 0 Å². The van der Waals surface area contributed by atoms with E-state index in [4.69, 9.17) is 0 Å². The lowest BCUT2D eigenvalue weighted by Gasteiger charge is -2.28. The zero-order chi connectivity index (χ0) is 9.97. The summed E-state index contributed by atoms with van der Waals surface area (Å²) < 4.78 is 0. The molecule has 1 atom stereocenters. The molecule has 1 unspecified atom stereocenters. The maximum absolute atomic E-state index is 11.7. The zero-order valence-corrected chi connectivity index (χ0v) is 10.1. The van der Waals surface area contributed by atoms with Crippen LogP contribution >= 0.6 is 15.9 Å². The first-order valence-corrected chi connectivity index (χ1v) is 6.80. The highest BCUT2D eigenvalue weighted by Crippen LogP contribution is 2.35. The van der Waals surface area contributed by atoms with Gasteiger partial charge in [0, 0.05) is 12.6 Å². The van der Waals surface area contributed by atoms with Crippen LogP contribution in [0.15, 0.2) is 0 Å². The van der Waals surface area contributed by atoms with Crippen LogP contribution in [0.5, 0.6) is 0 Å². The molecule has 1 saturated carbocycles. The Bertz CT molecular complexity index is 213. The quantitative estimate of drug-likeness (QED) is 0.699. The van der Waals surface area contributed by atoms with Crippen LogP contribution in [0.4, 0.5) is 0 Å². The van der Waals surface area contributed by atoms with Crippen LogP contribution in [-0.4, -0.2) is 28.7 Å². The van der Waals surface area contributed by atoms with E-state index in [1.807, 2.05) is 0 Å². The van der Waals surface area contributed by atoms with E-state index in [2.05, 4.69) is 20.8 Å². The topological polar surface area (TPSA) is 20.3 Å². The Morgan fingerprint density at radius 3 is 2.57 bits per heavy atom. The van der Waals surface area contributed by atoms with Crippen LogP contribution in [-0.2, 0) is 4.79 Å². The Morgan fingerprint density at radius 1 is 1.21 bits per heavy atom. The van der Waals surface area contributed by atoms with E-state index < -0.39 is 0 Å². The normalized spacial score (nSPS) is 28.6. The number of hydrogen-bond acceptors (Lipinski definition) is 1. The van der Waals surface area contributed by atoms with Gasteiger partial charge in [0.25, 0.3) is 0 Å². The van der Waals surface area contributed by atoms with Gasteiger partial charge in [-0.25, -0.2) is 0 Å². The molecule has 1 aliphatic heterocycles. The Kier molecular flexibility index (Phi) is 3.47. The molecule has 0 aromatic carbocycles. The minimum absolute atomic E-state index is 0.291. The van der Waals surface area contributed by atoms with Gasteiger partial charge in [-0.2, -0.15) is 0 Å². The second-order valence-corrected chi connectivity index (χ2v) is 5.04. The fraction of sp³-hybridized carbons (Fsp3) is 0.909. The molecule has 14 heavy (non-hydrogen) atoms. The number of amides is 1. The monoisotopic (exact) mass is 259 g/mol. The number of halogens is 1. The first kappa shape index (κ1) is 10.5. The van der Waals surface area contributed by atoms with E-state index in [-0.39, 0.29) is 0 Å². The Morgan fingerprint density at radius 2 is 1.93 bits per heavy atom. The van der Waals surface area contributed by atoms with Gasteiger partial charge in [-0.05, 0) is 31.6 Å². The van der Waals surface area contributed by atoms with E-state index >= 15 is 0 Å². The highest BCUT2D eigenvalue weighted by atomic mass is 79.9. The van der Waals surface area contributed by atoms with Gasteiger partial charge in [-0.15, -0.1) is 0 Å². The second-order valence-electron chi connectivity index (χ2n) is 4.47. The summed E-state index contributed by atoms with van der Waals surface area (Å²) in [4.78, 5) is 13.8. The van der Waals surface area contributed by atoms with Crippen molar-refractivity contribution in [2.75, 3.05) is 11.9 Å². The first-order valence-electron chi connectivity index (χ1n) is 5.68. The summed E-state index contributed by atoms with van der Waals surface area (Å²) in [6.45, 7) is 0.992. The Balaban J connectivity index is 1.98. The molecule has 2 rings (SSSR count). The van der Waals surface area contributed by atoms with Gasteiger partial charge >= 0.3 is 0 Å². The van der Waals surface area contributed by atoms with Crippen LogP contribution < -0.4 is 0 Å². The molecule has 1 saturated heterocycles. The lowest BCUT2D eigenvalue weighted by molar-refractivity contribution is -0.129. The van der Waals surface area contributed by atoms with E-state index in [9.17, 15) is 4.79 Å². The van der Waals surface area contributed by atoms with Gasteiger partial charge in [0.05, 0.1) is 5.33 Å². The van der Waals surface area contributed by atoms with Gasteiger partial charge in [0.2, 0.25) is 5.91 Å². The zero-order valence-electron chi connectivity index (χ0n) is 8.54. The van der Waals surface area contributed by atoms with Crippen LogP contribution in [0.3, 0.4) is 0 Å². The van der Waals surface area contributed by atoms with E-state index in [1.54, 1.807) is 0 Å². The van der Waals surface area contributed by atoms with E-state index in [0.717, 1.165) is 12.5 Å². The molecular weight excluding hydrogens is 242 g/mol. The van der Waals surface area contributed by atoms with Gasteiger partial charge in [-0.1, -0.05) is 28.8 Å². The third-order valence-electron chi connectivity index (χ3n) is 3.68. The molecule has 1 heterocycles. The van der Waals surface area contributed by atoms with Crippen LogP contribution in [0.2, 0.25) is 0 Å². The summed E-state index contributed by atoms with van der Waals surface area (Å²) in [6, 6.07) is 0.572. The standard InChI is InChI=1S/C11H18BrNO/c12-8-11(14)13-7-3-6-10(13)9-4-1-2-5-9/h9-10H,1-8H2. The lowest BCUT2D eigenvalue weighted by Crippen LogP contribution is -2.39. The van der Waals surface area contributed by atoms with Crippen molar-refractivity contribution in [2.24, 2.45) is 5.92 Å². The van der Waals surface area contributed by atoms with Gasteiger partial charge in [0.1, 0.15) is 0 Å². The fourth-order valence-electron chi connectivity index (χ4n) is 3.01. The summed E-state index contributed by atoms with van der Waals surface area (Å²) in [7, 11) is 0. The van der Waals surface area contributed by atoms with E-state index in [0.29, 0.717) is 17.3 Å². The summed E-state index contributed by atoms with van der Waals surface area (Å²) in [5, 5.41) is 0.496. The third-order valence-corrected chi connectivity index (χ3v) is 4.16. The SMILES string of the molecule is O=C(CBr)N1CCCC1C1CCCC1. The summed E-state index contributed by atoms with van der Waals surface area (Å²) in [5.74, 6) is 1.10. The van der Waals surface area contributed by atoms with Crippen LogP contribution in [0.25, 0.3) is 0 Å². The predicted octanol–water partition coefficient (Wildman–Crippen LogP) is 2.56. The molecule has 2 fully saturated rings. The molecule has 80 valence electrons. The molecule has 0 N–H and O–H groups in total. The van der Waals surface area contributed by atoms with Crippen molar-refractivity contribution in [3.63, 3.8) is 0 Å². The highest BCUT2D eigenvalue weighted by Gasteiger charge is 2.35. The number of likely N-dealkylation sites (tertiary alicyclic amines) is 1. The van der Waals surface area contributed by atoms with Crippen LogP contribution in [0.1, 0.15) is 38.5 Å². The van der Waals surface area contributed by atoms with Gasteiger partial charge in [0.15, 0.2) is 0 Å². The average molecular weight is 260 g/mol. The smallest absolute Gasteiger partial charge is 0.233 e. The molecule has 3 heteroatoms. The number of nitrogens with zero attached hydrogens (tertiary/aromatic N) is 1. The summed E-state index contributed by atoms with van der Waals surface area (Å²) in [5.41, 5.74) is 0. The molecule has 0 aromatic rings. The number of carbonyl (C=O) groups excluding carboxylic acids is 1. The molecule has 1 amide bonds. The van der Waals surface area contributed by atoms with Crippen molar-refractivity contribution >= 4 is 21.8 Å². The van der Waals surface area contributed by atoms with Crippen molar-refractivity contribution in [3.8, 4) is 0 Å². The number of alkyl halides is 1. The molecular formula is C11H18BrNO. The average Bonchev–Trinajstić information content (AvgIpc) is 2.85. The molecule has 0 radical (unpaired) electrons. The maximum atomic E-state index is 11.7. The number of hydrogen-bond donors (Lipinski definition) is 0. The molecule has 0 spiro atoms. The molecule has 2 nitrogen and oxygen atoms in total. The molecule has 2 aliphatic rings. The van der Waals surface area contributed by atoms with Crippen molar-refractivity contribution in [1.82, 2.24) is 4.90 Å². The minimum Gasteiger partial charge on any atom is -0.339 e. The molecule has 0 bridgehead atoms. The minimum atomic E-state index is 0.291. The van der Waals surface area contributed by atoms with E-state index in [1.165, 1.54) is 38.5 Å². The number of carbonyl (C=O) groups is 1. The lowest BCUT2D eigenvalue weighted by atomic mass is 9.96. The fourth-order valence-corrected chi connectivity index (χ4v) is 3.33. The Hall–Kier alpha value is -0.0500. The largest absolute Gasteiger partial charge is 0.339 e. The van der Waals surface area contributed by atoms with Gasteiger partial charge < -0.3 is 4.90 Å². The summed E-state index contributed by atoms with van der Waals surface area (Å²) in [6.07, 6.45) is 7.88. The van der Waals surface area contributed by atoms with Crippen molar-refractivity contribution in [1.29, 1.82) is 0 Å². The summed E-state index contributed by atoms with van der Waals surface area (Å²) >= 11 is 3.27. The first-order chi connectivity index (χ1) is 6.83. The predicted molar refractivity (Wildman–Crippen MR) is 60.5 cm³/mol. The Labute approximate surface area is 94.2 Å². The number of rotatable bonds is 2.